The van der Waals surface area contributed by atoms with Gasteiger partial charge in [0.15, 0.2) is 0 Å². The van der Waals surface area contributed by atoms with Crippen molar-refractivity contribution in [1.29, 1.82) is 0 Å². The van der Waals surface area contributed by atoms with Crippen LogP contribution in [-0.2, 0) is 0 Å². The number of nitrogens with one attached hydrogen (secondary N) is 1. The van der Waals surface area contributed by atoms with Gasteiger partial charge in [-0.15, -0.1) is 0 Å². The SMILES string of the molecule is CC(C)N1CCC(c2cnc(=O)[nH]c2Cl)C1. The van der Waals surface area contributed by atoms with Crippen LogP contribution in [-0.4, -0.2) is 34.0 Å². The number of aromatic amines is 1. The molecule has 1 N–H and O–H groups in total. The van der Waals surface area contributed by atoms with Gasteiger partial charge in [-0.1, -0.05) is 11.6 Å². The fourth-order valence-electron chi connectivity index (χ4n) is 2.18. The molecule has 0 amide bonds. The molecule has 0 radical (unpaired) electrons. The van der Waals surface area contributed by atoms with Crippen molar-refractivity contribution in [2.45, 2.75) is 32.2 Å². The quantitative estimate of drug-likeness (QED) is 0.801. The minimum atomic E-state index is -0.382. The summed E-state index contributed by atoms with van der Waals surface area (Å²) in [4.78, 5) is 19.7. The third-order valence-corrected chi connectivity index (χ3v) is 3.49. The predicted octanol–water partition coefficient (Wildman–Crippen LogP) is 1.62. The zero-order valence-electron chi connectivity index (χ0n) is 9.53. The lowest BCUT2D eigenvalue weighted by Gasteiger charge is -2.20. The van der Waals surface area contributed by atoms with Crippen LogP contribution < -0.4 is 5.69 Å². The maximum absolute atomic E-state index is 11.0. The Labute approximate surface area is 99.6 Å². The van der Waals surface area contributed by atoms with E-state index in [4.69, 9.17) is 11.6 Å². The first kappa shape index (κ1) is 11.6. The first-order valence-electron chi connectivity index (χ1n) is 5.56. The van der Waals surface area contributed by atoms with Gasteiger partial charge in [0.1, 0.15) is 5.15 Å². The maximum atomic E-state index is 11.0. The van der Waals surface area contributed by atoms with E-state index in [0.717, 1.165) is 25.1 Å². The molecule has 2 rings (SSSR count). The predicted molar refractivity (Wildman–Crippen MR) is 63.9 cm³/mol. The van der Waals surface area contributed by atoms with Crippen LogP contribution in [0.4, 0.5) is 0 Å². The monoisotopic (exact) mass is 241 g/mol. The summed E-state index contributed by atoms with van der Waals surface area (Å²) < 4.78 is 0. The van der Waals surface area contributed by atoms with Gasteiger partial charge in [-0.25, -0.2) is 9.78 Å². The van der Waals surface area contributed by atoms with Crippen LogP contribution >= 0.6 is 11.6 Å². The molecule has 5 heteroatoms. The second-order valence-electron chi connectivity index (χ2n) is 4.53. The smallest absolute Gasteiger partial charge is 0.300 e. The highest BCUT2D eigenvalue weighted by Crippen LogP contribution is 2.30. The lowest BCUT2D eigenvalue weighted by atomic mass is 10.0. The van der Waals surface area contributed by atoms with Crippen molar-refractivity contribution in [2.24, 2.45) is 0 Å². The van der Waals surface area contributed by atoms with Crippen LogP contribution in [0.25, 0.3) is 0 Å². The molecule has 1 aromatic rings. The average Bonchev–Trinajstić information content (AvgIpc) is 2.66. The van der Waals surface area contributed by atoms with Gasteiger partial charge >= 0.3 is 5.69 Å². The number of H-pyrrole nitrogens is 1. The van der Waals surface area contributed by atoms with Gasteiger partial charge in [-0.2, -0.15) is 0 Å². The summed E-state index contributed by atoms with van der Waals surface area (Å²) in [6.07, 6.45) is 2.68. The highest BCUT2D eigenvalue weighted by Gasteiger charge is 2.27. The molecule has 0 spiro atoms. The van der Waals surface area contributed by atoms with Crippen molar-refractivity contribution in [3.05, 3.63) is 27.4 Å². The van der Waals surface area contributed by atoms with Gasteiger partial charge in [-0.05, 0) is 26.8 Å². The molecule has 16 heavy (non-hydrogen) atoms. The minimum absolute atomic E-state index is 0.382. The summed E-state index contributed by atoms with van der Waals surface area (Å²) in [5.41, 5.74) is 0.580. The number of rotatable bonds is 2. The van der Waals surface area contributed by atoms with Crippen molar-refractivity contribution in [3.63, 3.8) is 0 Å². The van der Waals surface area contributed by atoms with E-state index in [1.807, 2.05) is 0 Å². The third-order valence-electron chi connectivity index (χ3n) is 3.18. The number of aromatic nitrogens is 2. The fraction of sp³-hybridized carbons (Fsp3) is 0.636. The van der Waals surface area contributed by atoms with E-state index in [0.29, 0.717) is 17.1 Å². The average molecular weight is 242 g/mol. The molecule has 1 unspecified atom stereocenters. The van der Waals surface area contributed by atoms with E-state index in [9.17, 15) is 4.79 Å². The van der Waals surface area contributed by atoms with Gasteiger partial charge in [0.05, 0.1) is 0 Å². The fourth-order valence-corrected chi connectivity index (χ4v) is 2.46. The number of hydrogen-bond donors (Lipinski definition) is 1. The van der Waals surface area contributed by atoms with E-state index < -0.39 is 0 Å². The highest BCUT2D eigenvalue weighted by atomic mass is 35.5. The van der Waals surface area contributed by atoms with Crippen LogP contribution in [0.5, 0.6) is 0 Å². The first-order chi connectivity index (χ1) is 7.58. The molecule has 1 saturated heterocycles. The van der Waals surface area contributed by atoms with Crippen LogP contribution in [0, 0.1) is 0 Å². The van der Waals surface area contributed by atoms with E-state index in [1.54, 1.807) is 6.20 Å². The summed E-state index contributed by atoms with van der Waals surface area (Å²) in [6.45, 7) is 6.45. The Morgan fingerprint density at radius 1 is 1.62 bits per heavy atom. The van der Waals surface area contributed by atoms with Crippen LogP contribution in [0.1, 0.15) is 31.7 Å². The van der Waals surface area contributed by atoms with E-state index >= 15 is 0 Å². The molecule has 0 aliphatic carbocycles. The second-order valence-corrected chi connectivity index (χ2v) is 4.91. The van der Waals surface area contributed by atoms with Crippen molar-refractivity contribution >= 4 is 11.6 Å². The number of hydrogen-bond acceptors (Lipinski definition) is 3. The summed E-state index contributed by atoms with van der Waals surface area (Å²) in [5, 5.41) is 0.440. The molecule has 4 nitrogen and oxygen atoms in total. The largest absolute Gasteiger partial charge is 0.346 e. The lowest BCUT2D eigenvalue weighted by Crippen LogP contribution is -2.28. The zero-order chi connectivity index (χ0) is 11.7. The van der Waals surface area contributed by atoms with E-state index in [2.05, 4.69) is 28.7 Å². The minimum Gasteiger partial charge on any atom is -0.300 e. The number of nitrogens with zero attached hydrogens (tertiary/aromatic N) is 2. The number of halogens is 1. The third kappa shape index (κ3) is 2.28. The molecule has 0 bridgehead atoms. The van der Waals surface area contributed by atoms with Crippen molar-refractivity contribution in [1.82, 2.24) is 14.9 Å². The summed E-state index contributed by atoms with van der Waals surface area (Å²) in [6, 6.07) is 0.555. The Morgan fingerprint density at radius 2 is 2.38 bits per heavy atom. The Morgan fingerprint density at radius 3 is 2.94 bits per heavy atom. The molecule has 88 valence electrons. The molecule has 1 fully saturated rings. The van der Waals surface area contributed by atoms with Gasteiger partial charge in [0.25, 0.3) is 0 Å². The van der Waals surface area contributed by atoms with E-state index in [-0.39, 0.29) is 5.69 Å². The van der Waals surface area contributed by atoms with Crippen LogP contribution in [0.3, 0.4) is 0 Å². The van der Waals surface area contributed by atoms with Gasteiger partial charge < -0.3 is 4.90 Å². The molecule has 1 aliphatic rings. The molecule has 2 heterocycles. The van der Waals surface area contributed by atoms with Crippen LogP contribution in [0.2, 0.25) is 5.15 Å². The first-order valence-corrected chi connectivity index (χ1v) is 5.94. The van der Waals surface area contributed by atoms with Gasteiger partial charge in [0.2, 0.25) is 0 Å². The van der Waals surface area contributed by atoms with Crippen molar-refractivity contribution < 1.29 is 0 Å². The lowest BCUT2D eigenvalue weighted by molar-refractivity contribution is 0.272. The van der Waals surface area contributed by atoms with E-state index in [1.165, 1.54) is 0 Å². The Kier molecular flexibility index (Phi) is 3.30. The Hall–Kier alpha value is -0.870. The Balaban J connectivity index is 2.17. The molecule has 1 atom stereocenters. The molecular weight excluding hydrogens is 226 g/mol. The normalized spacial score (nSPS) is 21.9. The highest BCUT2D eigenvalue weighted by molar-refractivity contribution is 6.30. The maximum Gasteiger partial charge on any atom is 0.346 e. The van der Waals surface area contributed by atoms with Gasteiger partial charge in [0, 0.05) is 30.3 Å². The molecule has 1 aromatic heterocycles. The van der Waals surface area contributed by atoms with Crippen LogP contribution in [0.15, 0.2) is 11.0 Å². The molecular formula is C11H16ClN3O. The molecule has 0 aromatic carbocycles. The van der Waals surface area contributed by atoms with Crippen molar-refractivity contribution in [3.8, 4) is 0 Å². The Bertz CT molecular complexity index is 429. The topological polar surface area (TPSA) is 49.0 Å². The molecule has 0 saturated carbocycles. The molecule has 1 aliphatic heterocycles. The van der Waals surface area contributed by atoms with Gasteiger partial charge in [-0.3, -0.25) is 4.98 Å². The summed E-state index contributed by atoms with van der Waals surface area (Å²) in [5.74, 6) is 0.388. The number of likely N-dealkylation sites (tertiary alicyclic amines) is 1. The summed E-state index contributed by atoms with van der Waals surface area (Å²) in [7, 11) is 0. The zero-order valence-corrected chi connectivity index (χ0v) is 10.3. The standard InChI is InChI=1S/C11H16ClN3O/c1-7(2)15-4-3-8(6-15)9-5-13-11(16)14-10(9)12/h5,7-8H,3-4,6H2,1-2H3,(H,13,14,16). The summed E-state index contributed by atoms with van der Waals surface area (Å²) >= 11 is 6.02. The second kappa shape index (κ2) is 4.55. The van der Waals surface area contributed by atoms with Crippen molar-refractivity contribution in [2.75, 3.05) is 13.1 Å².